The van der Waals surface area contributed by atoms with Gasteiger partial charge in [0.15, 0.2) is 10.3 Å². The fourth-order valence-corrected chi connectivity index (χ4v) is 1.12. The van der Waals surface area contributed by atoms with Gasteiger partial charge in [-0.05, 0) is 12.8 Å². The van der Waals surface area contributed by atoms with Crippen LogP contribution in [-0.2, 0) is 4.79 Å². The largest absolute Gasteiger partial charge is 0.310 e. The third kappa shape index (κ3) is 2.59. The molecule has 1 aromatic heterocycles. The van der Waals surface area contributed by atoms with Crippen molar-refractivity contribution in [2.75, 3.05) is 5.32 Å². The lowest BCUT2D eigenvalue weighted by atomic mass is 10.5. The van der Waals surface area contributed by atoms with Crippen LogP contribution in [0.3, 0.4) is 0 Å². The van der Waals surface area contributed by atoms with Crippen molar-refractivity contribution in [3.8, 4) is 11.8 Å². The number of anilines is 1. The van der Waals surface area contributed by atoms with Crippen LogP contribution in [0.1, 0.15) is 6.92 Å². The van der Waals surface area contributed by atoms with Crippen LogP contribution in [0.15, 0.2) is 6.33 Å². The highest BCUT2D eigenvalue weighted by Crippen LogP contribution is 2.25. The Balaban J connectivity index is 2.95. The van der Waals surface area contributed by atoms with E-state index in [4.69, 9.17) is 23.2 Å². The molecule has 0 saturated carbocycles. The van der Waals surface area contributed by atoms with Gasteiger partial charge >= 0.3 is 0 Å². The molecule has 0 radical (unpaired) electrons. The first-order chi connectivity index (χ1) is 6.65. The quantitative estimate of drug-likeness (QED) is 0.590. The summed E-state index contributed by atoms with van der Waals surface area (Å²) in [4.78, 5) is 18.4. The first kappa shape index (κ1) is 10.8. The molecule has 4 nitrogen and oxygen atoms in total. The Morgan fingerprint density at radius 3 is 2.50 bits per heavy atom. The molecule has 6 heteroatoms. The third-order valence-electron chi connectivity index (χ3n) is 1.23. The van der Waals surface area contributed by atoms with Gasteiger partial charge in [0.05, 0.1) is 0 Å². The second-order valence-corrected chi connectivity index (χ2v) is 2.88. The highest BCUT2D eigenvalue weighted by molar-refractivity contribution is 6.38. The van der Waals surface area contributed by atoms with Gasteiger partial charge < -0.3 is 5.32 Å². The summed E-state index contributed by atoms with van der Waals surface area (Å²) in [7, 11) is 0. The highest BCUT2D eigenvalue weighted by atomic mass is 35.5. The van der Waals surface area contributed by atoms with Gasteiger partial charge in [-0.3, -0.25) is 4.79 Å². The molecule has 1 rings (SSSR count). The van der Waals surface area contributed by atoms with Gasteiger partial charge in [0.2, 0.25) is 0 Å². The standard InChI is InChI=1S/C8H5Cl2N3O/c1-2-3-5(14)13-6-7(9)11-4-12-8(6)10/h4H,1H3,(H,13,14). The van der Waals surface area contributed by atoms with Crippen molar-refractivity contribution >= 4 is 34.8 Å². The van der Waals surface area contributed by atoms with Gasteiger partial charge in [-0.1, -0.05) is 29.1 Å². The number of hydrogen-bond donors (Lipinski definition) is 1. The Morgan fingerprint density at radius 1 is 1.43 bits per heavy atom. The predicted octanol–water partition coefficient (Wildman–Crippen LogP) is 1.75. The summed E-state index contributed by atoms with van der Waals surface area (Å²) < 4.78 is 0. The van der Waals surface area contributed by atoms with E-state index in [1.54, 1.807) is 6.92 Å². The van der Waals surface area contributed by atoms with Crippen molar-refractivity contribution in [3.63, 3.8) is 0 Å². The molecule has 0 unspecified atom stereocenters. The van der Waals surface area contributed by atoms with Crippen LogP contribution in [0.4, 0.5) is 5.69 Å². The fraction of sp³-hybridized carbons (Fsp3) is 0.125. The zero-order valence-electron chi connectivity index (χ0n) is 7.14. The van der Waals surface area contributed by atoms with Crippen molar-refractivity contribution in [2.24, 2.45) is 0 Å². The minimum atomic E-state index is -0.508. The van der Waals surface area contributed by atoms with Gasteiger partial charge in [0.1, 0.15) is 12.0 Å². The Hall–Kier alpha value is -1.31. The van der Waals surface area contributed by atoms with E-state index in [-0.39, 0.29) is 16.0 Å². The van der Waals surface area contributed by atoms with E-state index >= 15 is 0 Å². The molecule has 1 heterocycles. The molecular formula is C8H5Cl2N3O. The van der Waals surface area contributed by atoms with Gasteiger partial charge in [-0.2, -0.15) is 0 Å². The summed E-state index contributed by atoms with van der Waals surface area (Å²) in [5.74, 6) is 4.20. The number of amides is 1. The molecule has 1 amide bonds. The predicted molar refractivity (Wildman–Crippen MR) is 54.1 cm³/mol. The average Bonchev–Trinajstić information content (AvgIpc) is 2.12. The van der Waals surface area contributed by atoms with E-state index in [9.17, 15) is 4.79 Å². The van der Waals surface area contributed by atoms with E-state index in [1.807, 2.05) is 0 Å². The average molecular weight is 230 g/mol. The van der Waals surface area contributed by atoms with Crippen molar-refractivity contribution in [3.05, 3.63) is 16.6 Å². The van der Waals surface area contributed by atoms with Crippen molar-refractivity contribution in [2.45, 2.75) is 6.92 Å². The summed E-state index contributed by atoms with van der Waals surface area (Å²) in [6, 6.07) is 0. The molecule has 1 N–H and O–H groups in total. The van der Waals surface area contributed by atoms with Crippen LogP contribution in [0, 0.1) is 11.8 Å². The zero-order chi connectivity index (χ0) is 10.6. The second kappa shape index (κ2) is 4.80. The van der Waals surface area contributed by atoms with Crippen LogP contribution < -0.4 is 5.32 Å². The lowest BCUT2D eigenvalue weighted by Crippen LogP contribution is -2.10. The molecule has 0 bridgehead atoms. The lowest BCUT2D eigenvalue weighted by molar-refractivity contribution is -0.111. The van der Waals surface area contributed by atoms with Crippen LogP contribution >= 0.6 is 23.2 Å². The first-order valence-electron chi connectivity index (χ1n) is 3.55. The fourth-order valence-electron chi connectivity index (χ4n) is 0.706. The van der Waals surface area contributed by atoms with Gasteiger partial charge in [0, 0.05) is 0 Å². The summed E-state index contributed by atoms with van der Waals surface area (Å²) in [5, 5.41) is 2.54. The third-order valence-corrected chi connectivity index (χ3v) is 1.80. The number of hydrogen-bond acceptors (Lipinski definition) is 3. The van der Waals surface area contributed by atoms with Crippen LogP contribution in [-0.4, -0.2) is 15.9 Å². The SMILES string of the molecule is CC#CC(=O)Nc1c(Cl)ncnc1Cl. The summed E-state index contributed by atoms with van der Waals surface area (Å²) >= 11 is 11.4. The van der Waals surface area contributed by atoms with Gasteiger partial charge in [-0.25, -0.2) is 9.97 Å². The summed E-state index contributed by atoms with van der Waals surface area (Å²) in [6.07, 6.45) is 1.20. The molecule has 0 fully saturated rings. The Bertz CT molecular complexity index is 402. The number of nitrogens with zero attached hydrogens (tertiary/aromatic N) is 2. The molecule has 1 aromatic rings. The molecule has 0 aromatic carbocycles. The zero-order valence-corrected chi connectivity index (χ0v) is 8.65. The number of carbonyl (C=O) groups is 1. The van der Waals surface area contributed by atoms with Crippen LogP contribution in [0.5, 0.6) is 0 Å². The lowest BCUT2D eigenvalue weighted by Gasteiger charge is -2.03. The second-order valence-electron chi connectivity index (χ2n) is 2.16. The van der Waals surface area contributed by atoms with E-state index in [1.165, 1.54) is 6.33 Å². The normalized spacial score (nSPS) is 8.79. The van der Waals surface area contributed by atoms with E-state index in [0.717, 1.165) is 0 Å². The van der Waals surface area contributed by atoms with Gasteiger partial charge in [0.25, 0.3) is 5.91 Å². The maximum Gasteiger partial charge on any atom is 0.300 e. The molecule has 0 atom stereocenters. The Kier molecular flexibility index (Phi) is 3.69. The first-order valence-corrected chi connectivity index (χ1v) is 4.30. The molecule has 72 valence electrons. The Labute approximate surface area is 90.6 Å². The minimum absolute atomic E-state index is 0.0799. The number of aromatic nitrogens is 2. The number of nitrogens with one attached hydrogen (secondary N) is 1. The Morgan fingerprint density at radius 2 is 2.00 bits per heavy atom. The number of carbonyl (C=O) groups excluding carboxylic acids is 1. The smallest absolute Gasteiger partial charge is 0.300 e. The molecule has 0 aliphatic heterocycles. The van der Waals surface area contributed by atoms with E-state index < -0.39 is 5.91 Å². The molecule has 0 aliphatic carbocycles. The highest BCUT2D eigenvalue weighted by Gasteiger charge is 2.09. The van der Waals surface area contributed by atoms with Gasteiger partial charge in [-0.15, -0.1) is 0 Å². The summed E-state index contributed by atoms with van der Waals surface area (Å²) in [5.41, 5.74) is 0.170. The number of halogens is 2. The van der Waals surface area contributed by atoms with Crippen molar-refractivity contribution in [1.82, 2.24) is 9.97 Å². The molecular weight excluding hydrogens is 225 g/mol. The maximum atomic E-state index is 11.1. The molecule has 0 saturated heterocycles. The topological polar surface area (TPSA) is 54.9 Å². The maximum absolute atomic E-state index is 11.1. The molecule has 0 aliphatic rings. The summed E-state index contributed by atoms with van der Waals surface area (Å²) in [6.45, 7) is 1.55. The van der Waals surface area contributed by atoms with Crippen LogP contribution in [0.25, 0.3) is 0 Å². The van der Waals surface area contributed by atoms with Crippen molar-refractivity contribution < 1.29 is 4.79 Å². The minimum Gasteiger partial charge on any atom is -0.310 e. The van der Waals surface area contributed by atoms with E-state index in [0.29, 0.717) is 0 Å². The molecule has 0 spiro atoms. The monoisotopic (exact) mass is 229 g/mol. The van der Waals surface area contributed by atoms with Crippen LogP contribution in [0.2, 0.25) is 10.3 Å². The van der Waals surface area contributed by atoms with E-state index in [2.05, 4.69) is 27.1 Å². The molecule has 14 heavy (non-hydrogen) atoms. The van der Waals surface area contributed by atoms with Crippen molar-refractivity contribution in [1.29, 1.82) is 0 Å². The number of rotatable bonds is 1.